The molecule has 0 radical (unpaired) electrons. The maximum Gasteiger partial charge on any atom is 0.135 e. The Balaban J connectivity index is 0.00000625. The SMILES string of the molecule is CC(C)(C)c1cc(N2C=CN(c3[c-]c(Oc4[c-]c5c(cc4)c4cc(C(C)(C)C)ccc4n5-c4cc(C(C)(C)c5ccccc5)ccn4)cc(C(C)(C)c4ccccc4)c3)[CH-]2)cc(C(C)(C)C)c1.[Pt]. The summed E-state index contributed by atoms with van der Waals surface area (Å²) in [5.74, 6) is 2.04. The molecule has 0 aliphatic carbocycles. The first kappa shape index (κ1) is 48.6. The molecule has 6 aromatic carbocycles. The average molecular weight is 1080 g/mol. The zero-order valence-corrected chi connectivity index (χ0v) is 44.3. The molecule has 0 atom stereocenters. The topological polar surface area (TPSA) is 33.5 Å². The number of hydrogen-bond acceptors (Lipinski definition) is 4. The smallest absolute Gasteiger partial charge is 0.135 e. The van der Waals surface area contributed by atoms with Gasteiger partial charge in [-0.2, -0.15) is 6.07 Å². The molecule has 0 bridgehead atoms. The van der Waals surface area contributed by atoms with E-state index in [0.29, 0.717) is 11.5 Å². The average Bonchev–Trinajstić information content (AvgIpc) is 3.92. The Morgan fingerprint density at radius 3 is 1.66 bits per heavy atom. The number of anilines is 2. The number of ether oxygens (including phenoxy) is 1. The Bertz CT molecular complexity index is 3110. The molecule has 1 aliphatic heterocycles. The van der Waals surface area contributed by atoms with Crippen LogP contribution in [0.1, 0.15) is 129 Å². The number of hydrogen-bond donors (Lipinski definition) is 0. The molecule has 0 saturated heterocycles. The van der Waals surface area contributed by atoms with Crippen molar-refractivity contribution in [3.05, 3.63) is 210 Å². The van der Waals surface area contributed by atoms with E-state index < -0.39 is 0 Å². The van der Waals surface area contributed by atoms with E-state index in [1.165, 1.54) is 33.4 Å². The van der Waals surface area contributed by atoms with E-state index >= 15 is 0 Å². The van der Waals surface area contributed by atoms with Crippen LogP contribution < -0.4 is 14.5 Å². The summed E-state index contributed by atoms with van der Waals surface area (Å²) in [4.78, 5) is 9.39. The third kappa shape index (κ3) is 9.44. The molecule has 8 aromatic rings. The zero-order chi connectivity index (χ0) is 47.7. The van der Waals surface area contributed by atoms with Gasteiger partial charge >= 0.3 is 0 Å². The predicted molar refractivity (Wildman–Crippen MR) is 281 cm³/mol. The van der Waals surface area contributed by atoms with Gasteiger partial charge in [-0.1, -0.05) is 174 Å². The fraction of sp³-hybridized carbons (Fsp3) is 0.290. The van der Waals surface area contributed by atoms with Crippen molar-refractivity contribution in [3.63, 3.8) is 0 Å². The molecule has 5 nitrogen and oxygen atoms in total. The predicted octanol–water partition coefficient (Wildman–Crippen LogP) is 16.0. The van der Waals surface area contributed by atoms with Gasteiger partial charge in [0, 0.05) is 55.4 Å². The second-order valence-corrected chi connectivity index (χ2v) is 22.5. The summed E-state index contributed by atoms with van der Waals surface area (Å²) in [7, 11) is 0. The van der Waals surface area contributed by atoms with Crippen LogP contribution in [0.4, 0.5) is 11.4 Å². The Morgan fingerprint density at radius 1 is 0.471 bits per heavy atom. The van der Waals surface area contributed by atoms with Crippen molar-refractivity contribution in [2.24, 2.45) is 0 Å². The van der Waals surface area contributed by atoms with Crippen LogP contribution in [0.25, 0.3) is 27.6 Å². The first-order chi connectivity index (χ1) is 31.6. The maximum absolute atomic E-state index is 6.95. The van der Waals surface area contributed by atoms with Gasteiger partial charge in [0.2, 0.25) is 0 Å². The van der Waals surface area contributed by atoms with Gasteiger partial charge < -0.3 is 19.1 Å². The van der Waals surface area contributed by atoms with Crippen LogP contribution in [0.15, 0.2) is 152 Å². The van der Waals surface area contributed by atoms with Crippen molar-refractivity contribution in [2.75, 3.05) is 9.80 Å². The Labute approximate surface area is 420 Å². The Kier molecular flexibility index (Phi) is 12.8. The van der Waals surface area contributed by atoms with Crippen molar-refractivity contribution in [2.45, 2.75) is 117 Å². The molecule has 0 spiro atoms. The molecule has 352 valence electrons. The Hall–Kier alpha value is -5.90. The number of fused-ring (bicyclic) bond motifs is 3. The summed E-state index contributed by atoms with van der Waals surface area (Å²) in [5, 5.41) is 2.25. The van der Waals surface area contributed by atoms with Gasteiger partial charge in [-0.15, -0.1) is 53.6 Å². The third-order valence-electron chi connectivity index (χ3n) is 13.8. The van der Waals surface area contributed by atoms with Gasteiger partial charge in [0.25, 0.3) is 0 Å². The van der Waals surface area contributed by atoms with E-state index in [4.69, 9.17) is 9.72 Å². The van der Waals surface area contributed by atoms with Crippen molar-refractivity contribution < 1.29 is 25.8 Å². The summed E-state index contributed by atoms with van der Waals surface area (Å²) in [5.41, 5.74) is 12.0. The number of nitrogens with zero attached hydrogens (tertiary/aromatic N) is 4. The van der Waals surface area contributed by atoms with E-state index in [0.717, 1.165) is 44.6 Å². The summed E-state index contributed by atoms with van der Waals surface area (Å²) in [6.07, 6.45) is 6.18. The molecule has 6 heteroatoms. The molecular formula is C62H65N4OPt-3. The number of rotatable bonds is 9. The van der Waals surface area contributed by atoms with E-state index in [1.807, 2.05) is 12.3 Å². The first-order valence-electron chi connectivity index (χ1n) is 23.7. The third-order valence-corrected chi connectivity index (χ3v) is 13.8. The minimum atomic E-state index is -0.343. The second kappa shape index (κ2) is 17.9. The van der Waals surface area contributed by atoms with Crippen LogP contribution in [0.3, 0.4) is 0 Å². The molecule has 3 heterocycles. The molecule has 0 unspecified atom stereocenters. The quantitative estimate of drug-likeness (QED) is 0.135. The van der Waals surface area contributed by atoms with Crippen LogP contribution in [0.5, 0.6) is 11.5 Å². The number of benzene rings is 6. The largest absolute Gasteiger partial charge is 0.509 e. The van der Waals surface area contributed by atoms with Gasteiger partial charge in [-0.3, -0.25) is 0 Å². The molecular weight excluding hydrogens is 1010 g/mol. The summed E-state index contributed by atoms with van der Waals surface area (Å²) < 4.78 is 9.20. The number of pyridine rings is 1. The fourth-order valence-electron chi connectivity index (χ4n) is 9.14. The molecule has 1 aliphatic rings. The van der Waals surface area contributed by atoms with Crippen molar-refractivity contribution in [3.8, 4) is 17.3 Å². The molecule has 0 fully saturated rings. The molecule has 0 saturated carbocycles. The standard InChI is InChI=1S/C62H65N4O.Pt/c1-58(2,3)44-24-27-55-54(37-44)53-26-25-51(40-56(53)66(55)57-38-45(28-29-63-57)61(10,11)42-20-16-14-17-21-42)67-52-36-48(62(12,13)43-22-18-15-19-23-43)35-50(39-52)65-31-30-64(41-65)49-33-46(59(4,5)6)32-47(34-49)60(7,8)9;/h14-38,41H,1-13H3;/q-3;. The van der Waals surface area contributed by atoms with Gasteiger partial charge in [-0.05, 0) is 103 Å². The van der Waals surface area contributed by atoms with Gasteiger partial charge in [0.1, 0.15) is 5.82 Å². The van der Waals surface area contributed by atoms with Gasteiger partial charge in [0.05, 0.1) is 0 Å². The first-order valence-corrected chi connectivity index (χ1v) is 23.7. The Morgan fingerprint density at radius 2 is 1.06 bits per heavy atom. The fourth-order valence-corrected chi connectivity index (χ4v) is 9.14. The van der Waals surface area contributed by atoms with Crippen LogP contribution >= 0.6 is 0 Å². The minimum absolute atomic E-state index is 0. The minimum Gasteiger partial charge on any atom is -0.509 e. The van der Waals surface area contributed by atoms with Crippen LogP contribution in [0.2, 0.25) is 0 Å². The normalized spacial score (nSPS) is 13.7. The van der Waals surface area contributed by atoms with Crippen molar-refractivity contribution in [1.82, 2.24) is 9.55 Å². The van der Waals surface area contributed by atoms with Crippen molar-refractivity contribution in [1.29, 1.82) is 0 Å². The van der Waals surface area contributed by atoms with E-state index in [1.54, 1.807) is 0 Å². The van der Waals surface area contributed by atoms with Crippen LogP contribution in [0, 0.1) is 18.8 Å². The van der Waals surface area contributed by atoms with E-state index in [9.17, 15) is 0 Å². The maximum atomic E-state index is 6.95. The molecule has 0 N–H and O–H groups in total. The van der Waals surface area contributed by atoms with Crippen molar-refractivity contribution >= 4 is 33.2 Å². The summed E-state index contributed by atoms with van der Waals surface area (Å²) in [6.45, 7) is 31.7. The van der Waals surface area contributed by atoms with E-state index in [-0.39, 0.29) is 48.1 Å². The zero-order valence-electron chi connectivity index (χ0n) is 42.0. The van der Waals surface area contributed by atoms with Gasteiger partial charge in [-0.25, -0.2) is 4.98 Å². The van der Waals surface area contributed by atoms with Crippen LogP contribution in [-0.4, -0.2) is 9.55 Å². The molecule has 0 amide bonds. The molecule has 2 aromatic heterocycles. The summed E-state index contributed by atoms with van der Waals surface area (Å²) >= 11 is 0. The molecule has 68 heavy (non-hydrogen) atoms. The van der Waals surface area contributed by atoms with Crippen LogP contribution in [-0.2, 0) is 48.1 Å². The second-order valence-electron chi connectivity index (χ2n) is 22.5. The van der Waals surface area contributed by atoms with Gasteiger partial charge in [0.15, 0.2) is 0 Å². The number of aromatic nitrogens is 2. The van der Waals surface area contributed by atoms with E-state index in [2.05, 4.69) is 263 Å². The summed E-state index contributed by atoms with van der Waals surface area (Å²) in [6, 6.07) is 55.6. The monoisotopic (exact) mass is 1080 g/mol. The molecule has 9 rings (SSSR count).